The van der Waals surface area contributed by atoms with E-state index >= 15 is 0 Å². The van der Waals surface area contributed by atoms with Crippen molar-refractivity contribution < 1.29 is 13.6 Å². The molecule has 0 heterocycles. The minimum absolute atomic E-state index is 0.0999. The molecule has 28 heavy (non-hydrogen) atoms. The van der Waals surface area contributed by atoms with Gasteiger partial charge in [0.25, 0.3) is 0 Å². The SMILES string of the molecule is CNCC[C@H](Oc1ccc(CO[Si](C)(C)C(C)(C)C)c(F)c1)c1ccccc1. The van der Waals surface area contributed by atoms with Crippen LogP contribution in [0.3, 0.4) is 0 Å². The number of hydrogen-bond acceptors (Lipinski definition) is 3. The molecule has 2 aromatic rings. The van der Waals surface area contributed by atoms with Crippen molar-refractivity contribution in [3.8, 4) is 5.75 Å². The Morgan fingerprint density at radius 2 is 1.75 bits per heavy atom. The Kier molecular flexibility index (Phi) is 7.81. The third-order valence-electron chi connectivity index (χ3n) is 5.53. The predicted molar refractivity (Wildman–Crippen MR) is 117 cm³/mol. The van der Waals surface area contributed by atoms with Gasteiger partial charge in [-0.15, -0.1) is 0 Å². The van der Waals surface area contributed by atoms with Gasteiger partial charge >= 0.3 is 0 Å². The molecule has 0 unspecified atom stereocenters. The van der Waals surface area contributed by atoms with Gasteiger partial charge in [0.1, 0.15) is 17.7 Å². The fraction of sp³-hybridized carbons (Fsp3) is 0.478. The molecule has 2 aromatic carbocycles. The van der Waals surface area contributed by atoms with Crippen LogP contribution >= 0.6 is 0 Å². The van der Waals surface area contributed by atoms with E-state index in [1.807, 2.05) is 43.4 Å². The lowest BCUT2D eigenvalue weighted by Crippen LogP contribution is -2.40. The molecule has 0 amide bonds. The van der Waals surface area contributed by atoms with E-state index in [4.69, 9.17) is 9.16 Å². The Morgan fingerprint density at radius 1 is 1.07 bits per heavy atom. The quantitative estimate of drug-likeness (QED) is 0.515. The lowest BCUT2D eigenvalue weighted by molar-refractivity contribution is 0.194. The molecule has 0 bridgehead atoms. The van der Waals surface area contributed by atoms with Crippen molar-refractivity contribution in [2.75, 3.05) is 13.6 Å². The maximum Gasteiger partial charge on any atom is 0.192 e. The number of hydrogen-bond donors (Lipinski definition) is 1. The van der Waals surface area contributed by atoms with Crippen LogP contribution in [-0.4, -0.2) is 21.9 Å². The highest BCUT2D eigenvalue weighted by atomic mass is 28.4. The van der Waals surface area contributed by atoms with Gasteiger partial charge < -0.3 is 14.5 Å². The van der Waals surface area contributed by atoms with Gasteiger partial charge in [-0.25, -0.2) is 4.39 Å². The van der Waals surface area contributed by atoms with Crippen molar-refractivity contribution in [2.24, 2.45) is 0 Å². The van der Waals surface area contributed by atoms with Gasteiger partial charge in [0.15, 0.2) is 8.32 Å². The molecular formula is C23H34FNO2Si. The Bertz CT molecular complexity index is 744. The Labute approximate surface area is 170 Å². The van der Waals surface area contributed by atoms with E-state index in [2.05, 4.69) is 39.2 Å². The third-order valence-corrected chi connectivity index (χ3v) is 10.0. The molecule has 2 rings (SSSR count). The lowest BCUT2D eigenvalue weighted by Gasteiger charge is -2.36. The first-order chi connectivity index (χ1) is 13.1. The number of halogens is 1. The summed E-state index contributed by atoms with van der Waals surface area (Å²) in [5.74, 6) is 0.259. The van der Waals surface area contributed by atoms with Crippen LogP contribution in [0.4, 0.5) is 4.39 Å². The highest BCUT2D eigenvalue weighted by Crippen LogP contribution is 2.37. The van der Waals surface area contributed by atoms with Crippen LogP contribution in [-0.2, 0) is 11.0 Å². The van der Waals surface area contributed by atoms with Crippen LogP contribution in [0, 0.1) is 5.82 Å². The summed E-state index contributed by atoms with van der Waals surface area (Å²) in [7, 11) is 0.00124. The van der Waals surface area contributed by atoms with Gasteiger partial charge in [-0.1, -0.05) is 57.2 Å². The first kappa shape index (κ1) is 22.6. The molecule has 0 spiro atoms. The number of nitrogens with one attached hydrogen (secondary N) is 1. The van der Waals surface area contributed by atoms with Gasteiger partial charge in [0.05, 0.1) is 6.61 Å². The minimum Gasteiger partial charge on any atom is -0.486 e. The molecule has 0 fully saturated rings. The molecular weight excluding hydrogens is 369 g/mol. The fourth-order valence-electron chi connectivity index (χ4n) is 2.59. The second-order valence-electron chi connectivity index (χ2n) is 8.71. The van der Waals surface area contributed by atoms with Crippen LogP contribution in [0.25, 0.3) is 0 Å². The van der Waals surface area contributed by atoms with Crippen LogP contribution in [0.1, 0.15) is 44.4 Å². The van der Waals surface area contributed by atoms with Crippen molar-refractivity contribution in [1.29, 1.82) is 0 Å². The molecule has 0 saturated carbocycles. The summed E-state index contributed by atoms with van der Waals surface area (Å²) in [6.45, 7) is 12.0. The Morgan fingerprint density at radius 3 is 2.32 bits per heavy atom. The Hall–Kier alpha value is -1.69. The molecule has 5 heteroatoms. The maximum absolute atomic E-state index is 14.7. The summed E-state index contributed by atoms with van der Waals surface area (Å²) in [5, 5.41) is 3.25. The van der Waals surface area contributed by atoms with Gasteiger partial charge in [-0.05, 0) is 43.4 Å². The first-order valence-corrected chi connectivity index (χ1v) is 12.8. The van der Waals surface area contributed by atoms with E-state index in [1.54, 1.807) is 6.07 Å². The smallest absolute Gasteiger partial charge is 0.192 e. The van der Waals surface area contributed by atoms with Crippen LogP contribution in [0.15, 0.2) is 48.5 Å². The highest BCUT2D eigenvalue weighted by Gasteiger charge is 2.37. The molecule has 0 radical (unpaired) electrons. The van der Waals surface area contributed by atoms with E-state index in [1.165, 1.54) is 6.07 Å². The molecule has 0 saturated heterocycles. The zero-order valence-electron chi connectivity index (χ0n) is 18.0. The van der Waals surface area contributed by atoms with Gasteiger partial charge in [-0.2, -0.15) is 0 Å². The molecule has 0 aliphatic rings. The van der Waals surface area contributed by atoms with E-state index in [9.17, 15) is 4.39 Å². The normalized spacial score (nSPS) is 13.4. The predicted octanol–water partition coefficient (Wildman–Crippen LogP) is 6.08. The van der Waals surface area contributed by atoms with Crippen molar-refractivity contribution in [1.82, 2.24) is 5.32 Å². The van der Waals surface area contributed by atoms with Crippen LogP contribution in [0.2, 0.25) is 18.1 Å². The van der Waals surface area contributed by atoms with E-state index < -0.39 is 8.32 Å². The molecule has 0 aromatic heterocycles. The number of benzene rings is 2. The van der Waals surface area contributed by atoms with E-state index in [-0.39, 0.29) is 17.0 Å². The van der Waals surface area contributed by atoms with Crippen molar-refractivity contribution in [3.05, 3.63) is 65.5 Å². The second-order valence-corrected chi connectivity index (χ2v) is 13.5. The summed E-state index contributed by atoms with van der Waals surface area (Å²) in [5.41, 5.74) is 1.66. The summed E-state index contributed by atoms with van der Waals surface area (Å²) in [4.78, 5) is 0. The number of rotatable bonds is 9. The maximum atomic E-state index is 14.7. The number of ether oxygens (including phenoxy) is 1. The lowest BCUT2D eigenvalue weighted by atomic mass is 10.1. The minimum atomic E-state index is -1.91. The molecule has 1 atom stereocenters. The van der Waals surface area contributed by atoms with Gasteiger partial charge in [0, 0.05) is 18.1 Å². The zero-order valence-corrected chi connectivity index (χ0v) is 19.0. The van der Waals surface area contributed by atoms with Crippen molar-refractivity contribution in [3.63, 3.8) is 0 Å². The van der Waals surface area contributed by atoms with Crippen LogP contribution in [0.5, 0.6) is 5.75 Å². The second kappa shape index (κ2) is 9.68. The van der Waals surface area contributed by atoms with Crippen LogP contribution < -0.4 is 10.1 Å². The monoisotopic (exact) mass is 403 g/mol. The van der Waals surface area contributed by atoms with Gasteiger partial charge in [0.2, 0.25) is 0 Å². The van der Waals surface area contributed by atoms with Crippen molar-refractivity contribution in [2.45, 2.75) is 58.0 Å². The average molecular weight is 404 g/mol. The topological polar surface area (TPSA) is 30.5 Å². The first-order valence-electron chi connectivity index (χ1n) is 9.92. The average Bonchev–Trinajstić information content (AvgIpc) is 2.64. The molecule has 1 N–H and O–H groups in total. The molecule has 0 aliphatic heterocycles. The highest BCUT2D eigenvalue weighted by molar-refractivity contribution is 6.74. The fourth-order valence-corrected chi connectivity index (χ4v) is 3.54. The third kappa shape index (κ3) is 6.16. The van der Waals surface area contributed by atoms with Gasteiger partial charge in [-0.3, -0.25) is 0 Å². The van der Waals surface area contributed by atoms with E-state index in [0.717, 1.165) is 18.5 Å². The zero-order chi connectivity index (χ0) is 20.8. The summed E-state index contributed by atoms with van der Waals surface area (Å²) in [6, 6.07) is 15.1. The molecule has 154 valence electrons. The summed E-state index contributed by atoms with van der Waals surface area (Å²) < 4.78 is 26.9. The molecule has 3 nitrogen and oxygen atoms in total. The standard InChI is InChI=1S/C23H34FNO2Si/c1-23(2,3)28(5,6)26-17-19-12-13-20(16-21(19)24)27-22(14-15-25-4)18-10-8-7-9-11-18/h7-13,16,22,25H,14-15,17H2,1-6H3/t22-/m0/s1. The largest absolute Gasteiger partial charge is 0.486 e. The summed E-state index contributed by atoms with van der Waals surface area (Å²) >= 11 is 0. The molecule has 0 aliphatic carbocycles. The van der Waals surface area contributed by atoms with E-state index in [0.29, 0.717) is 17.9 Å². The Balaban J connectivity index is 2.09. The van der Waals surface area contributed by atoms with Crippen molar-refractivity contribution >= 4 is 8.32 Å². The summed E-state index contributed by atoms with van der Waals surface area (Å²) in [6.07, 6.45) is 0.681.